The highest BCUT2D eigenvalue weighted by Gasteiger charge is 1.99. The summed E-state index contributed by atoms with van der Waals surface area (Å²) in [6, 6.07) is 10.9. The van der Waals surface area contributed by atoms with Crippen molar-refractivity contribution in [3.8, 4) is 0 Å². The van der Waals surface area contributed by atoms with E-state index in [1.54, 1.807) is 0 Å². The number of aryl methyl sites for hydroxylation is 3. The maximum Gasteiger partial charge on any atom is 0.0494 e. The molecule has 0 saturated heterocycles. The van der Waals surface area contributed by atoms with Crippen LogP contribution in [-0.2, 0) is 6.54 Å². The molecule has 1 nitrogen and oxygen atoms in total. The van der Waals surface area contributed by atoms with E-state index in [0.29, 0.717) is 0 Å². The van der Waals surface area contributed by atoms with E-state index in [0.717, 1.165) is 6.54 Å². The summed E-state index contributed by atoms with van der Waals surface area (Å²) in [5, 5.41) is 3.48. The molecule has 2 rings (SSSR count). The molecule has 0 fully saturated rings. The van der Waals surface area contributed by atoms with Crippen LogP contribution in [0.2, 0.25) is 0 Å². The van der Waals surface area contributed by atoms with Crippen molar-refractivity contribution in [3.05, 3.63) is 51.2 Å². The first-order valence-electron chi connectivity index (χ1n) is 5.51. The van der Waals surface area contributed by atoms with Gasteiger partial charge in [0.05, 0.1) is 0 Å². The lowest BCUT2D eigenvalue weighted by molar-refractivity contribution is 1.18. The summed E-state index contributed by atoms with van der Waals surface area (Å²) >= 11 is 1.85. The molecule has 2 heteroatoms. The Morgan fingerprint density at radius 2 is 1.88 bits per heavy atom. The van der Waals surface area contributed by atoms with Crippen molar-refractivity contribution in [1.29, 1.82) is 0 Å². The van der Waals surface area contributed by atoms with E-state index in [4.69, 9.17) is 0 Å². The molecule has 0 atom stereocenters. The smallest absolute Gasteiger partial charge is 0.0494 e. The summed E-state index contributed by atoms with van der Waals surface area (Å²) in [7, 11) is 0. The lowest BCUT2D eigenvalue weighted by Gasteiger charge is -2.09. The summed E-state index contributed by atoms with van der Waals surface area (Å²) in [6.45, 7) is 7.34. The van der Waals surface area contributed by atoms with Crippen LogP contribution >= 0.6 is 11.3 Å². The van der Waals surface area contributed by atoms with Crippen molar-refractivity contribution in [2.24, 2.45) is 0 Å². The van der Waals surface area contributed by atoms with Gasteiger partial charge in [-0.15, -0.1) is 11.3 Å². The predicted octanol–water partition coefficient (Wildman–Crippen LogP) is 4.29. The first-order chi connectivity index (χ1) is 7.65. The number of thiophene rings is 1. The second kappa shape index (κ2) is 4.71. The van der Waals surface area contributed by atoms with Gasteiger partial charge in [-0.2, -0.15) is 0 Å². The van der Waals surface area contributed by atoms with E-state index in [1.807, 2.05) is 11.3 Å². The standard InChI is InChI=1S/C14H17NS/c1-10-4-7-14(11(2)8-10)15-9-13-6-5-12(3)16-13/h4-8,15H,9H2,1-3H3. The minimum absolute atomic E-state index is 0.919. The van der Waals surface area contributed by atoms with Crippen molar-refractivity contribution in [1.82, 2.24) is 0 Å². The fraction of sp³-hybridized carbons (Fsp3) is 0.286. The molecule has 0 saturated carbocycles. The zero-order valence-corrected chi connectivity index (χ0v) is 10.8. The van der Waals surface area contributed by atoms with Gasteiger partial charge in [0.15, 0.2) is 0 Å². The van der Waals surface area contributed by atoms with Crippen LogP contribution in [0.1, 0.15) is 20.9 Å². The van der Waals surface area contributed by atoms with Gasteiger partial charge in [-0.25, -0.2) is 0 Å². The molecule has 2 aromatic rings. The second-order valence-electron chi connectivity index (χ2n) is 4.18. The summed E-state index contributed by atoms with van der Waals surface area (Å²) < 4.78 is 0. The van der Waals surface area contributed by atoms with Gasteiger partial charge in [-0.1, -0.05) is 17.7 Å². The summed E-state index contributed by atoms with van der Waals surface area (Å²) in [5.74, 6) is 0. The van der Waals surface area contributed by atoms with Crippen molar-refractivity contribution in [3.63, 3.8) is 0 Å². The van der Waals surface area contributed by atoms with Crippen molar-refractivity contribution < 1.29 is 0 Å². The number of rotatable bonds is 3. The lowest BCUT2D eigenvalue weighted by atomic mass is 10.1. The van der Waals surface area contributed by atoms with Crippen LogP contribution in [0, 0.1) is 20.8 Å². The molecule has 0 aliphatic heterocycles. The first kappa shape index (κ1) is 11.2. The predicted molar refractivity (Wildman–Crippen MR) is 72.3 cm³/mol. The first-order valence-corrected chi connectivity index (χ1v) is 6.33. The van der Waals surface area contributed by atoms with Crippen molar-refractivity contribution in [2.45, 2.75) is 27.3 Å². The monoisotopic (exact) mass is 231 g/mol. The molecule has 0 spiro atoms. The number of benzene rings is 1. The van der Waals surface area contributed by atoms with Crippen LogP contribution in [0.15, 0.2) is 30.3 Å². The largest absolute Gasteiger partial charge is 0.380 e. The second-order valence-corrected chi connectivity index (χ2v) is 5.56. The molecule has 1 heterocycles. The van der Waals surface area contributed by atoms with E-state index >= 15 is 0 Å². The topological polar surface area (TPSA) is 12.0 Å². The summed E-state index contributed by atoms with van der Waals surface area (Å²) in [6.07, 6.45) is 0. The molecule has 1 aromatic carbocycles. The zero-order valence-electron chi connectivity index (χ0n) is 10.0. The highest BCUT2D eigenvalue weighted by molar-refractivity contribution is 7.11. The molecular formula is C14H17NS. The molecule has 1 N–H and O–H groups in total. The van der Waals surface area contributed by atoms with Gasteiger partial charge in [0.1, 0.15) is 0 Å². The lowest BCUT2D eigenvalue weighted by Crippen LogP contribution is -1.99. The maximum atomic E-state index is 3.48. The van der Waals surface area contributed by atoms with Gasteiger partial charge in [-0.05, 0) is 44.5 Å². The van der Waals surface area contributed by atoms with Gasteiger partial charge in [-0.3, -0.25) is 0 Å². The highest BCUT2D eigenvalue weighted by Crippen LogP contribution is 2.20. The van der Waals surface area contributed by atoms with Crippen LogP contribution in [0.4, 0.5) is 5.69 Å². The molecule has 0 radical (unpaired) electrons. The van der Waals surface area contributed by atoms with Crippen molar-refractivity contribution >= 4 is 17.0 Å². The van der Waals surface area contributed by atoms with Crippen LogP contribution in [0.25, 0.3) is 0 Å². The minimum Gasteiger partial charge on any atom is -0.380 e. The summed E-state index contributed by atoms with van der Waals surface area (Å²) in [4.78, 5) is 2.76. The highest BCUT2D eigenvalue weighted by atomic mass is 32.1. The minimum atomic E-state index is 0.919. The van der Waals surface area contributed by atoms with E-state index < -0.39 is 0 Å². The average Bonchev–Trinajstić information content (AvgIpc) is 2.63. The molecule has 0 unspecified atom stereocenters. The van der Waals surface area contributed by atoms with Crippen molar-refractivity contribution in [2.75, 3.05) is 5.32 Å². The van der Waals surface area contributed by atoms with Gasteiger partial charge in [0, 0.05) is 22.0 Å². The fourth-order valence-electron chi connectivity index (χ4n) is 1.77. The SMILES string of the molecule is Cc1ccc(NCc2ccc(C)s2)c(C)c1. The Labute approximate surface area is 101 Å². The van der Waals surface area contributed by atoms with Crippen LogP contribution in [0.5, 0.6) is 0 Å². The molecule has 0 aliphatic rings. The number of anilines is 1. The van der Waals surface area contributed by atoms with E-state index in [1.165, 1.54) is 26.6 Å². The zero-order chi connectivity index (χ0) is 11.5. The Morgan fingerprint density at radius 3 is 2.50 bits per heavy atom. The molecule has 0 aliphatic carbocycles. The Balaban J connectivity index is 2.04. The number of hydrogen-bond acceptors (Lipinski definition) is 2. The van der Waals surface area contributed by atoms with Gasteiger partial charge < -0.3 is 5.32 Å². The third kappa shape index (κ3) is 2.64. The molecule has 1 aromatic heterocycles. The maximum absolute atomic E-state index is 3.48. The van der Waals surface area contributed by atoms with E-state index in [9.17, 15) is 0 Å². The van der Waals surface area contributed by atoms with Crippen LogP contribution in [0.3, 0.4) is 0 Å². The fourth-order valence-corrected chi connectivity index (χ4v) is 2.60. The molecule has 16 heavy (non-hydrogen) atoms. The quantitative estimate of drug-likeness (QED) is 0.831. The van der Waals surface area contributed by atoms with E-state index in [-0.39, 0.29) is 0 Å². The van der Waals surface area contributed by atoms with Gasteiger partial charge in [0.2, 0.25) is 0 Å². The third-order valence-corrected chi connectivity index (χ3v) is 3.63. The molecular weight excluding hydrogens is 214 g/mol. The Kier molecular flexibility index (Phi) is 3.30. The van der Waals surface area contributed by atoms with Gasteiger partial charge in [0.25, 0.3) is 0 Å². The average molecular weight is 231 g/mol. The Hall–Kier alpha value is -1.28. The van der Waals surface area contributed by atoms with E-state index in [2.05, 4.69) is 56.4 Å². The summed E-state index contributed by atoms with van der Waals surface area (Å²) in [5.41, 5.74) is 3.86. The van der Waals surface area contributed by atoms with Gasteiger partial charge >= 0.3 is 0 Å². The Morgan fingerprint density at radius 1 is 1.06 bits per heavy atom. The van der Waals surface area contributed by atoms with Crippen LogP contribution in [-0.4, -0.2) is 0 Å². The number of hydrogen-bond donors (Lipinski definition) is 1. The van der Waals surface area contributed by atoms with Crippen LogP contribution < -0.4 is 5.32 Å². The molecule has 0 bridgehead atoms. The number of nitrogens with one attached hydrogen (secondary N) is 1. The third-order valence-electron chi connectivity index (χ3n) is 2.63. The Bertz CT molecular complexity index is 485. The normalized spacial score (nSPS) is 10.4. The molecule has 0 amide bonds. The molecule has 84 valence electrons.